The van der Waals surface area contributed by atoms with Gasteiger partial charge in [0.1, 0.15) is 0 Å². The standard InChI is InChI=1S/C9H18O3/c1-6(2)7-11-5-9(3,4)8(10)12-7/h6-8,10H,5H2,1-4H3. The molecule has 3 heteroatoms. The Hall–Kier alpha value is -0.120. The molecule has 3 nitrogen and oxygen atoms in total. The van der Waals surface area contributed by atoms with Gasteiger partial charge in [-0.3, -0.25) is 0 Å². The largest absolute Gasteiger partial charge is 0.367 e. The molecule has 0 aromatic carbocycles. The molecule has 0 aromatic rings. The molecule has 1 N–H and O–H groups in total. The molecular weight excluding hydrogens is 156 g/mol. The van der Waals surface area contributed by atoms with Gasteiger partial charge in [-0.2, -0.15) is 0 Å². The van der Waals surface area contributed by atoms with Crippen LogP contribution in [0.15, 0.2) is 0 Å². The maximum atomic E-state index is 9.55. The van der Waals surface area contributed by atoms with Crippen molar-refractivity contribution in [3.8, 4) is 0 Å². The minimum atomic E-state index is -0.710. The maximum Gasteiger partial charge on any atom is 0.164 e. The lowest BCUT2D eigenvalue weighted by molar-refractivity contribution is -0.329. The second-order valence-electron chi connectivity index (χ2n) is 4.40. The lowest BCUT2D eigenvalue weighted by atomic mass is 9.93. The highest BCUT2D eigenvalue weighted by molar-refractivity contribution is 4.75. The van der Waals surface area contributed by atoms with E-state index < -0.39 is 6.29 Å². The molecule has 0 bridgehead atoms. The smallest absolute Gasteiger partial charge is 0.164 e. The van der Waals surface area contributed by atoms with Gasteiger partial charge in [0.05, 0.1) is 6.61 Å². The SMILES string of the molecule is CC(C)C1OCC(C)(C)C(O)O1. The lowest BCUT2D eigenvalue weighted by Gasteiger charge is -2.40. The van der Waals surface area contributed by atoms with Crippen LogP contribution in [0.3, 0.4) is 0 Å². The highest BCUT2D eigenvalue weighted by Crippen LogP contribution is 2.30. The third-order valence-corrected chi connectivity index (χ3v) is 2.10. The minimum absolute atomic E-state index is 0.256. The van der Waals surface area contributed by atoms with Gasteiger partial charge in [-0.05, 0) is 0 Å². The van der Waals surface area contributed by atoms with Crippen LogP contribution in [0, 0.1) is 11.3 Å². The van der Waals surface area contributed by atoms with Crippen molar-refractivity contribution in [1.29, 1.82) is 0 Å². The first-order chi connectivity index (χ1) is 5.43. The maximum absolute atomic E-state index is 9.55. The monoisotopic (exact) mass is 174 g/mol. The van der Waals surface area contributed by atoms with Crippen molar-refractivity contribution in [1.82, 2.24) is 0 Å². The first-order valence-electron chi connectivity index (χ1n) is 4.38. The molecule has 0 radical (unpaired) electrons. The van der Waals surface area contributed by atoms with Crippen LogP contribution in [0.5, 0.6) is 0 Å². The summed E-state index contributed by atoms with van der Waals surface area (Å²) in [6.07, 6.45) is -0.966. The van der Waals surface area contributed by atoms with Crippen LogP contribution in [-0.4, -0.2) is 24.3 Å². The Bertz CT molecular complexity index is 154. The summed E-state index contributed by atoms with van der Waals surface area (Å²) in [5.41, 5.74) is -0.286. The van der Waals surface area contributed by atoms with Crippen LogP contribution in [0.4, 0.5) is 0 Å². The predicted molar refractivity (Wildman–Crippen MR) is 45.5 cm³/mol. The quantitative estimate of drug-likeness (QED) is 0.652. The Morgan fingerprint density at radius 2 is 2.00 bits per heavy atom. The second-order valence-corrected chi connectivity index (χ2v) is 4.40. The van der Waals surface area contributed by atoms with Crippen molar-refractivity contribution in [2.75, 3.05) is 6.61 Å². The third-order valence-electron chi connectivity index (χ3n) is 2.10. The van der Waals surface area contributed by atoms with E-state index in [1.54, 1.807) is 0 Å². The van der Waals surface area contributed by atoms with Gasteiger partial charge in [0.15, 0.2) is 12.6 Å². The molecule has 12 heavy (non-hydrogen) atoms. The van der Waals surface area contributed by atoms with Gasteiger partial charge >= 0.3 is 0 Å². The highest BCUT2D eigenvalue weighted by atomic mass is 16.7. The van der Waals surface area contributed by atoms with Crippen LogP contribution in [0.25, 0.3) is 0 Å². The van der Waals surface area contributed by atoms with Crippen molar-refractivity contribution in [2.24, 2.45) is 11.3 Å². The van der Waals surface area contributed by atoms with Crippen molar-refractivity contribution < 1.29 is 14.6 Å². The number of hydrogen-bond donors (Lipinski definition) is 1. The summed E-state index contributed by atoms with van der Waals surface area (Å²) in [5.74, 6) is 0.288. The van der Waals surface area contributed by atoms with Crippen molar-refractivity contribution >= 4 is 0 Å². The molecule has 1 aliphatic heterocycles. The van der Waals surface area contributed by atoms with Gasteiger partial charge in [-0.1, -0.05) is 27.7 Å². The fourth-order valence-electron chi connectivity index (χ4n) is 1.07. The first-order valence-corrected chi connectivity index (χ1v) is 4.38. The molecule has 1 saturated heterocycles. The molecule has 0 spiro atoms. The van der Waals surface area contributed by atoms with Crippen LogP contribution in [0.2, 0.25) is 0 Å². The zero-order valence-electron chi connectivity index (χ0n) is 8.20. The van der Waals surface area contributed by atoms with E-state index in [0.717, 1.165) is 0 Å². The second kappa shape index (κ2) is 3.32. The Labute approximate surface area is 73.7 Å². The number of ether oxygens (including phenoxy) is 2. The van der Waals surface area contributed by atoms with Gasteiger partial charge in [0, 0.05) is 11.3 Å². The van der Waals surface area contributed by atoms with Crippen LogP contribution >= 0.6 is 0 Å². The molecule has 0 aromatic heterocycles. The number of aliphatic hydroxyl groups is 1. The van der Waals surface area contributed by atoms with Crippen LogP contribution in [-0.2, 0) is 9.47 Å². The minimum Gasteiger partial charge on any atom is -0.367 e. The molecule has 2 unspecified atom stereocenters. The van der Waals surface area contributed by atoms with E-state index in [2.05, 4.69) is 0 Å². The third kappa shape index (κ3) is 1.97. The summed E-state index contributed by atoms with van der Waals surface area (Å²) >= 11 is 0. The van der Waals surface area contributed by atoms with E-state index in [1.807, 2.05) is 27.7 Å². The summed E-state index contributed by atoms with van der Waals surface area (Å²) in [4.78, 5) is 0. The highest BCUT2D eigenvalue weighted by Gasteiger charge is 2.37. The number of aliphatic hydroxyl groups excluding tert-OH is 1. The van der Waals surface area contributed by atoms with Gasteiger partial charge in [0.25, 0.3) is 0 Å². The molecule has 1 fully saturated rings. The van der Waals surface area contributed by atoms with E-state index in [1.165, 1.54) is 0 Å². The summed E-state index contributed by atoms with van der Waals surface area (Å²) in [6, 6.07) is 0. The Balaban J connectivity index is 2.52. The van der Waals surface area contributed by atoms with E-state index in [4.69, 9.17) is 9.47 Å². The summed E-state index contributed by atoms with van der Waals surface area (Å²) in [6.45, 7) is 8.42. The van der Waals surface area contributed by atoms with Gasteiger partial charge < -0.3 is 14.6 Å². The number of hydrogen-bond acceptors (Lipinski definition) is 3. The average molecular weight is 174 g/mol. The van der Waals surface area contributed by atoms with Crippen LogP contribution < -0.4 is 0 Å². The molecular formula is C9H18O3. The molecule has 72 valence electrons. The van der Waals surface area contributed by atoms with Gasteiger partial charge in [0.2, 0.25) is 0 Å². The van der Waals surface area contributed by atoms with E-state index in [-0.39, 0.29) is 17.6 Å². The van der Waals surface area contributed by atoms with Crippen molar-refractivity contribution in [2.45, 2.75) is 40.3 Å². The van der Waals surface area contributed by atoms with Gasteiger partial charge in [-0.15, -0.1) is 0 Å². The molecule has 1 rings (SSSR count). The summed E-state index contributed by atoms with van der Waals surface area (Å²) < 4.78 is 10.7. The fourth-order valence-corrected chi connectivity index (χ4v) is 1.07. The van der Waals surface area contributed by atoms with Crippen molar-refractivity contribution in [3.63, 3.8) is 0 Å². The van der Waals surface area contributed by atoms with Crippen LogP contribution in [0.1, 0.15) is 27.7 Å². The zero-order chi connectivity index (χ0) is 9.35. The predicted octanol–water partition coefficient (Wildman–Crippen LogP) is 1.36. The molecule has 1 aliphatic rings. The molecule has 0 saturated carbocycles. The first kappa shape index (κ1) is 9.96. The van der Waals surface area contributed by atoms with E-state index >= 15 is 0 Å². The Morgan fingerprint density at radius 3 is 2.42 bits per heavy atom. The normalized spacial score (nSPS) is 35.5. The number of rotatable bonds is 1. The molecule has 0 aliphatic carbocycles. The Morgan fingerprint density at radius 1 is 1.42 bits per heavy atom. The van der Waals surface area contributed by atoms with E-state index in [0.29, 0.717) is 6.61 Å². The zero-order valence-corrected chi connectivity index (χ0v) is 8.20. The topological polar surface area (TPSA) is 38.7 Å². The fraction of sp³-hybridized carbons (Fsp3) is 1.00. The van der Waals surface area contributed by atoms with Crippen molar-refractivity contribution in [3.05, 3.63) is 0 Å². The Kier molecular flexibility index (Phi) is 2.76. The summed E-state index contributed by atoms with van der Waals surface area (Å²) in [5, 5.41) is 9.55. The van der Waals surface area contributed by atoms with E-state index in [9.17, 15) is 5.11 Å². The average Bonchev–Trinajstić information content (AvgIpc) is 1.94. The molecule has 2 atom stereocenters. The van der Waals surface area contributed by atoms with Gasteiger partial charge in [-0.25, -0.2) is 0 Å². The summed E-state index contributed by atoms with van der Waals surface area (Å²) in [7, 11) is 0. The molecule has 1 heterocycles. The lowest BCUT2D eigenvalue weighted by Crippen LogP contribution is -2.47. The molecule has 0 amide bonds.